The van der Waals surface area contributed by atoms with Gasteiger partial charge in [0.25, 0.3) is 0 Å². The first-order valence-electron chi connectivity index (χ1n) is 5.70. The van der Waals surface area contributed by atoms with Crippen LogP contribution >= 0.6 is 11.6 Å². The zero-order valence-corrected chi connectivity index (χ0v) is 11.2. The van der Waals surface area contributed by atoms with Crippen molar-refractivity contribution in [1.82, 2.24) is 0 Å². The second kappa shape index (κ2) is 5.83. The van der Waals surface area contributed by atoms with Crippen LogP contribution in [0.1, 0.15) is 32.3 Å². The van der Waals surface area contributed by atoms with Crippen molar-refractivity contribution in [2.45, 2.75) is 38.4 Å². The summed E-state index contributed by atoms with van der Waals surface area (Å²) in [7, 11) is 0. The van der Waals surface area contributed by atoms with Gasteiger partial charge in [-0.15, -0.1) is 24.8 Å². The van der Waals surface area contributed by atoms with Crippen LogP contribution in [0, 0.1) is 5.92 Å². The Bertz CT molecular complexity index is 373. The van der Waals surface area contributed by atoms with Gasteiger partial charge in [0.2, 0.25) is 0 Å². The van der Waals surface area contributed by atoms with Crippen molar-refractivity contribution in [3.05, 3.63) is 29.8 Å². The number of hydrogen-bond donors (Lipinski definition) is 0. The molecule has 5 heteroatoms. The molecule has 0 N–H and O–H groups in total. The summed E-state index contributed by atoms with van der Waals surface area (Å²) in [5.74, 6) is 0.161. The van der Waals surface area contributed by atoms with E-state index in [0.29, 0.717) is 5.92 Å². The molecule has 18 heavy (non-hydrogen) atoms. The summed E-state index contributed by atoms with van der Waals surface area (Å²) in [5, 5.41) is -0.0561. The van der Waals surface area contributed by atoms with Gasteiger partial charge in [-0.25, -0.2) is 0 Å². The Morgan fingerprint density at radius 2 is 1.56 bits per heavy atom. The molecule has 0 heterocycles. The first-order chi connectivity index (χ1) is 8.20. The van der Waals surface area contributed by atoms with Crippen LogP contribution < -0.4 is 4.74 Å². The van der Waals surface area contributed by atoms with Gasteiger partial charge < -0.3 is 4.74 Å². The first-order valence-corrected chi connectivity index (χ1v) is 6.14. The van der Waals surface area contributed by atoms with Gasteiger partial charge in [0.15, 0.2) is 0 Å². The van der Waals surface area contributed by atoms with Gasteiger partial charge in [0, 0.05) is 5.38 Å². The smallest absolute Gasteiger partial charge is 0.406 e. The van der Waals surface area contributed by atoms with E-state index in [1.807, 2.05) is 20.8 Å². The monoisotopic (exact) mass is 280 g/mol. The van der Waals surface area contributed by atoms with E-state index >= 15 is 0 Å². The molecule has 1 nitrogen and oxygen atoms in total. The van der Waals surface area contributed by atoms with Crippen molar-refractivity contribution in [3.63, 3.8) is 0 Å². The van der Waals surface area contributed by atoms with Crippen LogP contribution in [0.5, 0.6) is 5.75 Å². The number of alkyl halides is 4. The molecule has 0 aliphatic carbocycles. The predicted octanol–water partition coefficient (Wildman–Crippen LogP) is 4.95. The molecule has 1 aromatic carbocycles. The highest BCUT2D eigenvalue weighted by Crippen LogP contribution is 2.30. The van der Waals surface area contributed by atoms with E-state index in [9.17, 15) is 13.2 Å². The molecule has 2 atom stereocenters. The summed E-state index contributed by atoms with van der Waals surface area (Å²) in [6.45, 7) is 5.97. The maximum Gasteiger partial charge on any atom is 0.573 e. The van der Waals surface area contributed by atoms with Crippen molar-refractivity contribution in [1.29, 1.82) is 0 Å². The Morgan fingerprint density at radius 1 is 1.06 bits per heavy atom. The molecule has 0 bridgehead atoms. The van der Waals surface area contributed by atoms with Gasteiger partial charge >= 0.3 is 6.36 Å². The van der Waals surface area contributed by atoms with Gasteiger partial charge in [0.1, 0.15) is 5.75 Å². The molecule has 102 valence electrons. The van der Waals surface area contributed by atoms with Crippen molar-refractivity contribution in [3.8, 4) is 5.75 Å². The Hall–Kier alpha value is -0.900. The van der Waals surface area contributed by atoms with Crippen molar-refractivity contribution < 1.29 is 17.9 Å². The third-order valence-electron chi connectivity index (χ3n) is 2.75. The molecule has 0 aromatic heterocycles. The Kier molecular flexibility index (Phi) is 4.91. The summed E-state index contributed by atoms with van der Waals surface area (Å²) in [6, 6.07) is 5.85. The third-order valence-corrected chi connectivity index (χ3v) is 3.64. The molecule has 1 rings (SSSR count). The summed E-state index contributed by atoms with van der Waals surface area (Å²) < 4.78 is 39.8. The fourth-order valence-corrected chi connectivity index (χ4v) is 1.88. The van der Waals surface area contributed by atoms with Gasteiger partial charge in [-0.1, -0.05) is 32.9 Å². The van der Waals surface area contributed by atoms with Crippen molar-refractivity contribution in [2.24, 2.45) is 5.92 Å². The molecular weight excluding hydrogens is 265 g/mol. The second-order valence-corrected chi connectivity index (χ2v) is 5.10. The van der Waals surface area contributed by atoms with Crippen LogP contribution in [-0.4, -0.2) is 11.7 Å². The standard InChI is InChI=1S/C13H16ClF3O/c1-8(2)12(14)9(3)10-4-6-11(7-5-10)18-13(15,16)17/h4-9,12H,1-3H3. The molecule has 2 unspecified atom stereocenters. The van der Waals surface area contributed by atoms with Crippen molar-refractivity contribution >= 4 is 11.6 Å². The largest absolute Gasteiger partial charge is 0.573 e. The minimum absolute atomic E-state index is 0.0561. The summed E-state index contributed by atoms with van der Waals surface area (Å²) in [5.41, 5.74) is 0.901. The summed E-state index contributed by atoms with van der Waals surface area (Å²) in [4.78, 5) is 0. The van der Waals surface area contributed by atoms with Crippen LogP contribution in [0.2, 0.25) is 0 Å². The second-order valence-electron chi connectivity index (χ2n) is 4.59. The molecule has 0 saturated carbocycles. The zero-order chi connectivity index (χ0) is 13.9. The number of benzene rings is 1. The number of hydrogen-bond acceptors (Lipinski definition) is 1. The van der Waals surface area contributed by atoms with E-state index < -0.39 is 6.36 Å². The minimum Gasteiger partial charge on any atom is -0.406 e. The predicted molar refractivity (Wildman–Crippen MR) is 66.0 cm³/mol. The number of halogens is 4. The maximum absolute atomic E-state index is 12.0. The van der Waals surface area contributed by atoms with E-state index in [1.165, 1.54) is 12.1 Å². The fourth-order valence-electron chi connectivity index (χ4n) is 1.73. The van der Waals surface area contributed by atoms with E-state index in [1.54, 1.807) is 12.1 Å². The van der Waals surface area contributed by atoms with E-state index in [4.69, 9.17) is 11.6 Å². The van der Waals surface area contributed by atoms with Crippen molar-refractivity contribution in [2.75, 3.05) is 0 Å². The highest BCUT2D eigenvalue weighted by Gasteiger charge is 2.31. The maximum atomic E-state index is 12.0. The lowest BCUT2D eigenvalue weighted by atomic mass is 9.91. The SMILES string of the molecule is CC(C)C(Cl)C(C)c1ccc(OC(F)(F)F)cc1. The molecule has 1 aromatic rings. The lowest BCUT2D eigenvalue weighted by Crippen LogP contribution is -2.18. The molecule has 0 spiro atoms. The topological polar surface area (TPSA) is 9.23 Å². The quantitative estimate of drug-likeness (QED) is 0.709. The Labute approximate surface area is 110 Å². The summed E-state index contributed by atoms with van der Waals surface area (Å²) in [6.07, 6.45) is -4.65. The number of ether oxygens (including phenoxy) is 1. The lowest BCUT2D eigenvalue weighted by Gasteiger charge is -2.22. The lowest BCUT2D eigenvalue weighted by molar-refractivity contribution is -0.274. The molecular formula is C13H16ClF3O. The highest BCUT2D eigenvalue weighted by atomic mass is 35.5. The Morgan fingerprint density at radius 3 is 1.94 bits per heavy atom. The van der Waals surface area contributed by atoms with Crippen LogP contribution in [0.4, 0.5) is 13.2 Å². The molecule has 0 fully saturated rings. The van der Waals surface area contributed by atoms with E-state index in [-0.39, 0.29) is 17.0 Å². The van der Waals surface area contributed by atoms with E-state index in [0.717, 1.165) is 5.56 Å². The molecule has 0 aliphatic rings. The van der Waals surface area contributed by atoms with Gasteiger partial charge in [-0.05, 0) is 29.5 Å². The average Bonchev–Trinajstić information content (AvgIpc) is 2.26. The van der Waals surface area contributed by atoms with Crippen LogP contribution in [-0.2, 0) is 0 Å². The minimum atomic E-state index is -4.65. The van der Waals surface area contributed by atoms with Crippen LogP contribution in [0.3, 0.4) is 0 Å². The molecule has 0 amide bonds. The number of rotatable bonds is 4. The van der Waals surface area contributed by atoms with E-state index in [2.05, 4.69) is 4.74 Å². The van der Waals surface area contributed by atoms with Gasteiger partial charge in [0.05, 0.1) is 0 Å². The Balaban J connectivity index is 2.77. The highest BCUT2D eigenvalue weighted by molar-refractivity contribution is 6.21. The first kappa shape index (κ1) is 15.2. The average molecular weight is 281 g/mol. The normalized spacial score (nSPS) is 15.6. The summed E-state index contributed by atoms with van der Waals surface area (Å²) >= 11 is 6.24. The molecule has 0 aliphatic heterocycles. The molecule has 0 saturated heterocycles. The fraction of sp³-hybridized carbons (Fsp3) is 0.538. The van der Waals surface area contributed by atoms with Crippen LogP contribution in [0.25, 0.3) is 0 Å². The zero-order valence-electron chi connectivity index (χ0n) is 10.5. The van der Waals surface area contributed by atoms with Crippen LogP contribution in [0.15, 0.2) is 24.3 Å². The third kappa shape index (κ3) is 4.41. The molecule has 0 radical (unpaired) electrons. The van der Waals surface area contributed by atoms with Gasteiger partial charge in [-0.2, -0.15) is 0 Å². The van der Waals surface area contributed by atoms with Gasteiger partial charge in [-0.3, -0.25) is 0 Å².